The van der Waals surface area contributed by atoms with Gasteiger partial charge in [0.25, 0.3) is 0 Å². The van der Waals surface area contributed by atoms with Crippen LogP contribution >= 0.6 is 23.1 Å². The molecule has 4 aromatic rings. The summed E-state index contributed by atoms with van der Waals surface area (Å²) in [4.78, 5) is 55.0. The first-order valence-electron chi connectivity index (χ1n) is 12.4. The van der Waals surface area contributed by atoms with Crippen molar-refractivity contribution in [1.82, 2.24) is 4.57 Å². The van der Waals surface area contributed by atoms with Gasteiger partial charge >= 0.3 is 4.87 Å². The lowest BCUT2D eigenvalue weighted by atomic mass is 9.83. The monoisotopic (exact) mass is 575 g/mol. The zero-order chi connectivity index (χ0) is 28.0. The molecule has 0 unspecified atom stereocenters. The molecule has 2 aliphatic heterocycles. The van der Waals surface area contributed by atoms with Crippen molar-refractivity contribution in [2.75, 3.05) is 17.3 Å². The number of aromatic nitrogens is 1. The minimum absolute atomic E-state index is 0.258. The van der Waals surface area contributed by atoms with E-state index in [1.54, 1.807) is 31.4 Å². The molecule has 0 saturated carbocycles. The molecule has 2 aliphatic rings. The van der Waals surface area contributed by atoms with Crippen molar-refractivity contribution in [2.45, 2.75) is 22.7 Å². The number of halogens is 1. The third kappa shape index (κ3) is 4.50. The molecule has 8 nitrogen and oxygen atoms in total. The van der Waals surface area contributed by atoms with E-state index in [0.717, 1.165) is 33.6 Å². The fraction of sp³-hybridized carbons (Fsp3) is 0.172. The molecule has 0 spiro atoms. The Hall–Kier alpha value is -4.22. The fourth-order valence-electron chi connectivity index (χ4n) is 5.14. The number of fused-ring (bicyclic) bond motifs is 2. The lowest BCUT2D eigenvalue weighted by Gasteiger charge is -2.30. The highest BCUT2D eigenvalue weighted by Gasteiger charge is 2.56. The Kier molecular flexibility index (Phi) is 6.77. The number of nitrogens with one attached hydrogen (secondary N) is 1. The minimum Gasteiger partial charge on any atom is -0.497 e. The molecule has 6 rings (SSSR count). The van der Waals surface area contributed by atoms with Crippen molar-refractivity contribution in [3.8, 4) is 5.75 Å². The second-order valence-corrected chi connectivity index (χ2v) is 11.5. The Morgan fingerprint density at radius 2 is 1.65 bits per heavy atom. The van der Waals surface area contributed by atoms with Crippen molar-refractivity contribution >= 4 is 52.2 Å². The fourth-order valence-corrected chi connectivity index (χ4v) is 7.91. The molecule has 0 radical (unpaired) electrons. The number of carbonyl (C=O) groups is 3. The minimum atomic E-state index is -0.819. The van der Waals surface area contributed by atoms with Gasteiger partial charge < -0.3 is 10.1 Å². The Bertz CT molecular complexity index is 1670. The number of amides is 3. The summed E-state index contributed by atoms with van der Waals surface area (Å²) in [6.45, 7) is -0.258. The molecular formula is C29H22FN3O5S2. The van der Waals surface area contributed by atoms with E-state index in [9.17, 15) is 23.6 Å². The molecule has 40 heavy (non-hydrogen) atoms. The van der Waals surface area contributed by atoms with Crippen LogP contribution in [0.5, 0.6) is 5.75 Å². The van der Waals surface area contributed by atoms with Gasteiger partial charge in [0.05, 0.1) is 23.7 Å². The zero-order valence-electron chi connectivity index (χ0n) is 21.1. The van der Waals surface area contributed by atoms with E-state index in [1.807, 2.05) is 30.3 Å². The highest BCUT2D eigenvalue weighted by Crippen LogP contribution is 2.53. The number of methoxy groups -OCH3 is 1. The van der Waals surface area contributed by atoms with E-state index in [1.165, 1.54) is 28.8 Å². The third-order valence-corrected chi connectivity index (χ3v) is 9.57. The zero-order valence-corrected chi connectivity index (χ0v) is 22.7. The number of rotatable bonds is 6. The lowest BCUT2D eigenvalue weighted by Crippen LogP contribution is -2.33. The van der Waals surface area contributed by atoms with Gasteiger partial charge in [-0.1, -0.05) is 53.4 Å². The number of imide groups is 1. The van der Waals surface area contributed by atoms with Crippen LogP contribution in [0.4, 0.5) is 15.8 Å². The number of ether oxygens (including phenoxy) is 1. The van der Waals surface area contributed by atoms with Gasteiger partial charge in [0.15, 0.2) is 0 Å². The largest absolute Gasteiger partial charge is 0.497 e. The van der Waals surface area contributed by atoms with Crippen LogP contribution in [0.15, 0.2) is 88.7 Å². The van der Waals surface area contributed by atoms with Crippen LogP contribution in [0, 0.1) is 11.7 Å². The maximum atomic E-state index is 13.8. The highest BCUT2D eigenvalue weighted by atomic mass is 32.2. The molecule has 3 heterocycles. The van der Waals surface area contributed by atoms with Gasteiger partial charge in [-0.25, -0.2) is 9.29 Å². The summed E-state index contributed by atoms with van der Waals surface area (Å²) in [5.74, 6) is -2.41. The average Bonchev–Trinajstić information content (AvgIpc) is 3.40. The number of benzene rings is 3. The Labute approximate surface area is 236 Å². The van der Waals surface area contributed by atoms with Crippen molar-refractivity contribution in [3.63, 3.8) is 0 Å². The molecule has 11 heteroatoms. The first-order valence-corrected chi connectivity index (χ1v) is 14.1. The molecule has 1 aromatic heterocycles. The van der Waals surface area contributed by atoms with Gasteiger partial charge in [0.1, 0.15) is 23.4 Å². The first kappa shape index (κ1) is 26.0. The number of nitrogens with zero attached hydrogens (tertiary/aromatic N) is 2. The van der Waals surface area contributed by atoms with Gasteiger partial charge in [0, 0.05) is 16.5 Å². The summed E-state index contributed by atoms with van der Waals surface area (Å²) in [6, 6.07) is 21.3. The SMILES string of the molecule is COc1ccc(NC(=O)Cn2c3c(sc2=O)[C@@H](c2ccccc2)[C@@H]2C(=O)N(c4ccc(F)cc4)C(=O)[C@@H]2S3)cc1. The predicted octanol–water partition coefficient (Wildman–Crippen LogP) is 4.49. The maximum absolute atomic E-state index is 13.8. The molecule has 1 saturated heterocycles. The summed E-state index contributed by atoms with van der Waals surface area (Å²) in [7, 11) is 1.55. The second kappa shape index (κ2) is 10.4. The molecule has 3 aromatic carbocycles. The summed E-state index contributed by atoms with van der Waals surface area (Å²) >= 11 is 2.11. The van der Waals surface area contributed by atoms with E-state index in [4.69, 9.17) is 4.74 Å². The van der Waals surface area contributed by atoms with Gasteiger partial charge in [-0.3, -0.25) is 23.7 Å². The van der Waals surface area contributed by atoms with E-state index in [2.05, 4.69) is 5.32 Å². The number of thioether (sulfide) groups is 1. The Morgan fingerprint density at radius 3 is 2.33 bits per heavy atom. The normalized spacial score (nSPS) is 19.8. The quantitative estimate of drug-likeness (QED) is 0.340. The van der Waals surface area contributed by atoms with Crippen molar-refractivity contribution in [3.05, 3.63) is 105 Å². The van der Waals surface area contributed by atoms with Crippen LogP contribution in [0.25, 0.3) is 0 Å². The van der Waals surface area contributed by atoms with E-state index >= 15 is 0 Å². The molecule has 202 valence electrons. The molecule has 1 fully saturated rings. The molecule has 3 atom stereocenters. The van der Waals surface area contributed by atoms with Crippen molar-refractivity contribution in [2.24, 2.45) is 5.92 Å². The third-order valence-electron chi connectivity index (χ3n) is 6.97. The molecule has 0 aliphatic carbocycles. The summed E-state index contributed by atoms with van der Waals surface area (Å²) < 4.78 is 20.1. The van der Waals surface area contributed by atoms with Crippen molar-refractivity contribution < 1.29 is 23.5 Å². The molecule has 0 bridgehead atoms. The Morgan fingerprint density at radius 1 is 0.950 bits per heavy atom. The second-order valence-electron chi connectivity index (χ2n) is 9.34. The number of hydrogen-bond donors (Lipinski definition) is 1. The maximum Gasteiger partial charge on any atom is 0.308 e. The topological polar surface area (TPSA) is 97.7 Å². The van der Waals surface area contributed by atoms with Crippen LogP contribution in [-0.4, -0.2) is 34.6 Å². The molecule has 1 N–H and O–H groups in total. The summed E-state index contributed by atoms with van der Waals surface area (Å²) in [6.07, 6.45) is 0. The number of thiazole rings is 1. The summed E-state index contributed by atoms with van der Waals surface area (Å²) in [5.41, 5.74) is 1.62. The van der Waals surface area contributed by atoms with Crippen molar-refractivity contribution in [1.29, 1.82) is 0 Å². The number of anilines is 2. The highest BCUT2D eigenvalue weighted by molar-refractivity contribution is 8.00. The average molecular weight is 576 g/mol. The molecular weight excluding hydrogens is 553 g/mol. The van der Waals surface area contributed by atoms with Crippen LogP contribution in [0.3, 0.4) is 0 Å². The smallest absolute Gasteiger partial charge is 0.308 e. The predicted molar refractivity (Wildman–Crippen MR) is 151 cm³/mol. The van der Waals surface area contributed by atoms with Gasteiger partial charge in [-0.05, 0) is 54.1 Å². The van der Waals surface area contributed by atoms with Crippen LogP contribution in [0.2, 0.25) is 0 Å². The van der Waals surface area contributed by atoms with Crippen LogP contribution < -0.4 is 19.8 Å². The van der Waals surface area contributed by atoms with E-state index in [0.29, 0.717) is 21.3 Å². The van der Waals surface area contributed by atoms with Crippen LogP contribution in [0.1, 0.15) is 16.4 Å². The Balaban J connectivity index is 1.37. The summed E-state index contributed by atoms with van der Waals surface area (Å²) in [5, 5.41) is 2.46. The van der Waals surface area contributed by atoms with Gasteiger partial charge in [-0.2, -0.15) is 0 Å². The standard InChI is InChI=1S/C29H22FN3O5S2/c1-38-20-13-9-18(10-14-20)31-21(34)15-32-28-25(40-29(32)37)22(16-5-3-2-4-6-16)23-24(39-28)27(36)33(26(23)35)19-11-7-17(30)8-12-19/h2-14,22-24H,15H2,1H3,(H,31,34)/t22-,23-,24+/m0/s1. The van der Waals surface area contributed by atoms with Gasteiger partial charge in [0.2, 0.25) is 17.7 Å². The first-order chi connectivity index (χ1) is 19.4. The number of carbonyl (C=O) groups excluding carboxylic acids is 3. The van der Waals surface area contributed by atoms with E-state index < -0.39 is 40.6 Å². The van der Waals surface area contributed by atoms with E-state index in [-0.39, 0.29) is 17.1 Å². The van der Waals surface area contributed by atoms with Crippen LogP contribution in [-0.2, 0) is 20.9 Å². The van der Waals surface area contributed by atoms with Gasteiger partial charge in [-0.15, -0.1) is 0 Å². The molecule has 3 amide bonds. The lowest BCUT2D eigenvalue weighted by molar-refractivity contribution is -0.122. The number of hydrogen-bond acceptors (Lipinski definition) is 7.